The minimum Gasteiger partial charge on any atom is -0.329 e. The van der Waals surface area contributed by atoms with E-state index in [-0.39, 0.29) is 5.54 Å². The van der Waals surface area contributed by atoms with Crippen molar-refractivity contribution in [2.45, 2.75) is 51.1 Å². The summed E-state index contributed by atoms with van der Waals surface area (Å²) in [6, 6.07) is 0.795. The van der Waals surface area contributed by atoms with Gasteiger partial charge in [-0.15, -0.1) is 0 Å². The molecule has 3 heterocycles. The predicted octanol–water partition coefficient (Wildman–Crippen LogP) is 2.02. The van der Waals surface area contributed by atoms with Crippen LogP contribution in [0, 0.1) is 5.41 Å². The van der Waals surface area contributed by atoms with Crippen LogP contribution >= 0.6 is 11.8 Å². The van der Waals surface area contributed by atoms with Crippen molar-refractivity contribution in [3.05, 3.63) is 0 Å². The summed E-state index contributed by atoms with van der Waals surface area (Å²) in [6.45, 7) is 10.9. The van der Waals surface area contributed by atoms with Crippen LogP contribution in [0.5, 0.6) is 0 Å². The monoisotopic (exact) mass is 297 g/mol. The molecule has 0 bridgehead atoms. The van der Waals surface area contributed by atoms with E-state index in [0.717, 1.165) is 12.6 Å². The maximum atomic E-state index is 6.32. The molecule has 0 radical (unpaired) electrons. The van der Waals surface area contributed by atoms with Gasteiger partial charge in [-0.2, -0.15) is 11.8 Å². The lowest BCUT2D eigenvalue weighted by Crippen LogP contribution is -2.65. The Morgan fingerprint density at radius 3 is 2.60 bits per heavy atom. The van der Waals surface area contributed by atoms with Crippen molar-refractivity contribution in [2.75, 3.05) is 44.2 Å². The van der Waals surface area contributed by atoms with Crippen LogP contribution in [-0.4, -0.2) is 65.6 Å². The fourth-order valence-electron chi connectivity index (χ4n) is 4.52. The summed E-state index contributed by atoms with van der Waals surface area (Å²) < 4.78 is 0. The Kier molecular flexibility index (Phi) is 4.38. The van der Waals surface area contributed by atoms with Gasteiger partial charge in [-0.3, -0.25) is 9.80 Å². The molecule has 3 aliphatic heterocycles. The topological polar surface area (TPSA) is 32.5 Å². The van der Waals surface area contributed by atoms with Crippen molar-refractivity contribution in [3.8, 4) is 0 Å². The third kappa shape index (κ3) is 2.43. The standard InChI is InChI=1S/C16H31N3S/c1-15(2)6-10-20-13-16(15,12-17)19-9-5-14(11-19)18-7-3-4-8-18/h14H,3-13,17H2,1-2H3. The van der Waals surface area contributed by atoms with E-state index in [1.165, 1.54) is 63.4 Å². The molecule has 3 nitrogen and oxygen atoms in total. The number of nitrogens with two attached hydrogens (primary N) is 1. The molecule has 0 aromatic heterocycles. The van der Waals surface area contributed by atoms with Crippen molar-refractivity contribution in [1.29, 1.82) is 0 Å². The Bertz CT molecular complexity index is 341. The fourth-order valence-corrected chi connectivity index (χ4v) is 6.34. The first-order chi connectivity index (χ1) is 9.59. The molecule has 0 amide bonds. The Morgan fingerprint density at radius 2 is 1.95 bits per heavy atom. The Balaban J connectivity index is 1.73. The molecule has 2 N–H and O–H groups in total. The Morgan fingerprint density at radius 1 is 1.20 bits per heavy atom. The van der Waals surface area contributed by atoms with Crippen molar-refractivity contribution in [2.24, 2.45) is 11.1 Å². The summed E-state index contributed by atoms with van der Waals surface area (Å²) in [4.78, 5) is 5.50. The van der Waals surface area contributed by atoms with Crippen molar-refractivity contribution >= 4 is 11.8 Å². The van der Waals surface area contributed by atoms with Crippen LogP contribution in [0.2, 0.25) is 0 Å². The molecule has 3 fully saturated rings. The predicted molar refractivity (Wildman–Crippen MR) is 88.3 cm³/mol. The lowest BCUT2D eigenvalue weighted by Gasteiger charge is -2.54. The molecule has 0 saturated carbocycles. The first-order valence-corrected chi connectivity index (χ1v) is 9.51. The summed E-state index contributed by atoms with van der Waals surface area (Å²) >= 11 is 2.11. The van der Waals surface area contributed by atoms with E-state index in [0.29, 0.717) is 5.41 Å². The lowest BCUT2D eigenvalue weighted by atomic mass is 9.70. The minimum atomic E-state index is 0.227. The van der Waals surface area contributed by atoms with Gasteiger partial charge < -0.3 is 5.73 Å². The van der Waals surface area contributed by atoms with Crippen LogP contribution in [-0.2, 0) is 0 Å². The maximum absolute atomic E-state index is 6.32. The van der Waals surface area contributed by atoms with E-state index in [2.05, 4.69) is 35.4 Å². The molecule has 20 heavy (non-hydrogen) atoms. The third-order valence-corrected chi connectivity index (χ3v) is 7.41. The second-order valence-corrected chi connectivity index (χ2v) is 8.66. The highest BCUT2D eigenvalue weighted by Gasteiger charge is 2.51. The first kappa shape index (κ1) is 15.1. The van der Waals surface area contributed by atoms with Gasteiger partial charge in [0.1, 0.15) is 0 Å². The fraction of sp³-hybridized carbons (Fsp3) is 1.00. The van der Waals surface area contributed by atoms with Crippen LogP contribution in [0.25, 0.3) is 0 Å². The molecule has 0 aromatic rings. The van der Waals surface area contributed by atoms with Gasteiger partial charge in [-0.05, 0) is 49.9 Å². The number of hydrogen-bond donors (Lipinski definition) is 1. The van der Waals surface area contributed by atoms with E-state index in [4.69, 9.17) is 5.73 Å². The highest BCUT2D eigenvalue weighted by atomic mass is 32.2. The van der Waals surface area contributed by atoms with Crippen LogP contribution in [0.3, 0.4) is 0 Å². The number of likely N-dealkylation sites (tertiary alicyclic amines) is 2. The molecule has 4 heteroatoms. The Labute approximate surface area is 128 Å². The van der Waals surface area contributed by atoms with Gasteiger partial charge in [0.25, 0.3) is 0 Å². The van der Waals surface area contributed by atoms with Gasteiger partial charge in [-0.25, -0.2) is 0 Å². The summed E-state index contributed by atoms with van der Waals surface area (Å²) in [5.74, 6) is 2.53. The molecule has 2 unspecified atom stereocenters. The van der Waals surface area contributed by atoms with Crippen molar-refractivity contribution in [3.63, 3.8) is 0 Å². The highest BCUT2D eigenvalue weighted by molar-refractivity contribution is 7.99. The molecule has 116 valence electrons. The zero-order valence-electron chi connectivity index (χ0n) is 13.2. The van der Waals surface area contributed by atoms with E-state index in [1.807, 2.05) is 0 Å². The quantitative estimate of drug-likeness (QED) is 0.864. The number of nitrogens with zero attached hydrogens (tertiary/aromatic N) is 2. The average molecular weight is 298 g/mol. The van der Waals surface area contributed by atoms with Crippen molar-refractivity contribution in [1.82, 2.24) is 9.80 Å². The molecule has 3 aliphatic rings. The van der Waals surface area contributed by atoms with Crippen LogP contribution < -0.4 is 5.73 Å². The lowest BCUT2D eigenvalue weighted by molar-refractivity contribution is 0.0138. The molecule has 0 aromatic carbocycles. The maximum Gasteiger partial charge on any atom is 0.0473 e. The normalized spacial score (nSPS) is 39.5. The zero-order valence-corrected chi connectivity index (χ0v) is 14.1. The largest absolute Gasteiger partial charge is 0.329 e. The second-order valence-electron chi connectivity index (χ2n) is 7.55. The first-order valence-electron chi connectivity index (χ1n) is 8.36. The van der Waals surface area contributed by atoms with Gasteiger partial charge in [0.05, 0.1) is 0 Å². The smallest absolute Gasteiger partial charge is 0.0473 e. The van der Waals surface area contributed by atoms with Gasteiger partial charge >= 0.3 is 0 Å². The van der Waals surface area contributed by atoms with E-state index >= 15 is 0 Å². The van der Waals surface area contributed by atoms with E-state index in [1.54, 1.807) is 0 Å². The van der Waals surface area contributed by atoms with Crippen LogP contribution in [0.15, 0.2) is 0 Å². The molecular weight excluding hydrogens is 266 g/mol. The average Bonchev–Trinajstić information content (AvgIpc) is 3.09. The number of hydrogen-bond acceptors (Lipinski definition) is 4. The van der Waals surface area contributed by atoms with E-state index in [9.17, 15) is 0 Å². The van der Waals surface area contributed by atoms with Gasteiger partial charge in [0.15, 0.2) is 0 Å². The van der Waals surface area contributed by atoms with Gasteiger partial charge in [0, 0.05) is 37.0 Å². The zero-order chi connectivity index (χ0) is 14.2. The molecule has 2 atom stereocenters. The summed E-state index contributed by atoms with van der Waals surface area (Å²) in [5.41, 5.74) is 6.90. The highest BCUT2D eigenvalue weighted by Crippen LogP contribution is 2.46. The van der Waals surface area contributed by atoms with Crippen molar-refractivity contribution < 1.29 is 0 Å². The summed E-state index contributed by atoms with van der Waals surface area (Å²) in [5, 5.41) is 0. The molecule has 0 aliphatic carbocycles. The van der Waals surface area contributed by atoms with E-state index < -0.39 is 0 Å². The van der Waals surface area contributed by atoms with Crippen LogP contribution in [0.4, 0.5) is 0 Å². The Hall–Kier alpha value is 0.230. The number of thioether (sulfide) groups is 1. The van der Waals surface area contributed by atoms with Crippen LogP contribution in [0.1, 0.15) is 39.5 Å². The molecule has 3 saturated heterocycles. The molecule has 0 spiro atoms. The summed E-state index contributed by atoms with van der Waals surface area (Å²) in [6.07, 6.45) is 5.46. The minimum absolute atomic E-state index is 0.227. The van der Waals surface area contributed by atoms with Gasteiger partial charge in [0.2, 0.25) is 0 Å². The summed E-state index contributed by atoms with van der Waals surface area (Å²) in [7, 11) is 0. The van der Waals surface area contributed by atoms with Gasteiger partial charge in [-0.1, -0.05) is 13.8 Å². The molecular formula is C16H31N3S. The second kappa shape index (κ2) is 5.79. The SMILES string of the molecule is CC1(C)CCSCC1(CN)N1CCC(N2CCCC2)C1. The number of rotatable bonds is 3. The molecule has 3 rings (SSSR count). The third-order valence-electron chi connectivity index (χ3n) is 6.24.